The third-order valence-corrected chi connectivity index (χ3v) is 3.11. The summed E-state index contributed by atoms with van der Waals surface area (Å²) in [5.41, 5.74) is 0.403. The smallest absolute Gasteiger partial charge is 0.314 e. The van der Waals surface area contributed by atoms with E-state index in [-0.39, 0.29) is 5.75 Å². The summed E-state index contributed by atoms with van der Waals surface area (Å²) >= 11 is 6.07. The van der Waals surface area contributed by atoms with Gasteiger partial charge in [-0.15, -0.1) is 0 Å². The van der Waals surface area contributed by atoms with Crippen LogP contribution in [0.3, 0.4) is 0 Å². The summed E-state index contributed by atoms with van der Waals surface area (Å²) < 4.78 is 19.0. The summed E-state index contributed by atoms with van der Waals surface area (Å²) in [5.74, 6) is -1.01. The maximum absolute atomic E-state index is 13.7. The van der Waals surface area contributed by atoms with Crippen LogP contribution in [0.25, 0.3) is 0 Å². The van der Waals surface area contributed by atoms with E-state index in [2.05, 4.69) is 5.32 Å². The fraction of sp³-hybridized carbons (Fsp3) is 0.143. The second kappa shape index (κ2) is 6.51. The van der Waals surface area contributed by atoms with Crippen LogP contribution < -0.4 is 10.1 Å². The zero-order chi connectivity index (χ0) is 15.4. The first-order chi connectivity index (χ1) is 10.0. The third kappa shape index (κ3) is 3.48. The van der Waals surface area contributed by atoms with E-state index in [9.17, 15) is 14.5 Å². The van der Waals surface area contributed by atoms with Crippen molar-refractivity contribution in [1.29, 1.82) is 0 Å². The van der Waals surface area contributed by atoms with Crippen LogP contribution >= 0.6 is 11.6 Å². The molecule has 0 aliphatic carbocycles. The predicted molar refractivity (Wildman–Crippen MR) is 77.3 cm³/mol. The van der Waals surface area contributed by atoms with Crippen LogP contribution in [0.15, 0.2) is 36.4 Å². The first kappa shape index (κ1) is 15.2. The van der Waals surface area contributed by atoms with Crippen molar-refractivity contribution in [3.63, 3.8) is 0 Å². The fourth-order valence-electron chi connectivity index (χ4n) is 1.79. The van der Waals surface area contributed by atoms with E-state index in [1.165, 1.54) is 18.2 Å². The SMILES string of the molecule is CNCc1ccc(Oc2c(F)cccc2[N+](=O)[O-])cc1Cl. The third-order valence-electron chi connectivity index (χ3n) is 2.75. The number of nitro benzene ring substituents is 1. The quantitative estimate of drug-likeness (QED) is 0.672. The minimum Gasteiger partial charge on any atom is -0.447 e. The Labute approximate surface area is 125 Å². The number of hydrogen-bond acceptors (Lipinski definition) is 4. The lowest BCUT2D eigenvalue weighted by molar-refractivity contribution is -0.385. The number of hydrogen-bond donors (Lipinski definition) is 1. The maximum Gasteiger partial charge on any atom is 0.314 e. The molecule has 2 aromatic rings. The molecule has 0 bridgehead atoms. The van der Waals surface area contributed by atoms with Crippen LogP contribution in [-0.4, -0.2) is 12.0 Å². The molecule has 110 valence electrons. The number of ether oxygens (including phenoxy) is 1. The molecule has 0 radical (unpaired) electrons. The van der Waals surface area contributed by atoms with Crippen LogP contribution in [0.4, 0.5) is 10.1 Å². The lowest BCUT2D eigenvalue weighted by atomic mass is 10.2. The monoisotopic (exact) mass is 310 g/mol. The van der Waals surface area contributed by atoms with Crippen molar-refractivity contribution in [2.24, 2.45) is 0 Å². The number of halogens is 2. The van der Waals surface area contributed by atoms with E-state index in [0.29, 0.717) is 11.6 Å². The predicted octanol–water partition coefficient (Wildman–Crippen LogP) is 3.90. The summed E-state index contributed by atoms with van der Waals surface area (Å²) in [6, 6.07) is 8.30. The van der Waals surface area contributed by atoms with Gasteiger partial charge in [0.25, 0.3) is 0 Å². The highest BCUT2D eigenvalue weighted by Crippen LogP contribution is 2.35. The summed E-state index contributed by atoms with van der Waals surface area (Å²) in [4.78, 5) is 10.2. The second-order valence-corrected chi connectivity index (χ2v) is 4.64. The largest absolute Gasteiger partial charge is 0.447 e. The summed E-state index contributed by atoms with van der Waals surface area (Å²) in [6.45, 7) is 0.568. The lowest BCUT2D eigenvalue weighted by Gasteiger charge is -2.09. The Morgan fingerprint density at radius 3 is 2.76 bits per heavy atom. The van der Waals surface area contributed by atoms with Gasteiger partial charge in [-0.2, -0.15) is 0 Å². The van der Waals surface area contributed by atoms with E-state index in [1.54, 1.807) is 19.2 Å². The molecule has 0 heterocycles. The first-order valence-corrected chi connectivity index (χ1v) is 6.44. The van der Waals surface area contributed by atoms with Crippen molar-refractivity contribution in [3.8, 4) is 11.5 Å². The molecule has 0 aliphatic heterocycles. The average molecular weight is 311 g/mol. The molecular weight excluding hydrogens is 299 g/mol. The molecule has 7 heteroatoms. The van der Waals surface area contributed by atoms with E-state index in [4.69, 9.17) is 16.3 Å². The molecule has 0 amide bonds. The number of para-hydroxylation sites is 1. The van der Waals surface area contributed by atoms with Crippen molar-refractivity contribution in [2.45, 2.75) is 6.54 Å². The summed E-state index contributed by atoms with van der Waals surface area (Å²) in [7, 11) is 1.78. The van der Waals surface area contributed by atoms with Gasteiger partial charge in [-0.25, -0.2) is 4.39 Å². The molecule has 1 N–H and O–H groups in total. The highest BCUT2D eigenvalue weighted by atomic mass is 35.5. The Balaban J connectivity index is 2.34. The molecule has 21 heavy (non-hydrogen) atoms. The number of nitrogens with zero attached hydrogens (tertiary/aromatic N) is 1. The zero-order valence-corrected chi connectivity index (χ0v) is 11.9. The van der Waals surface area contributed by atoms with Gasteiger partial charge in [-0.3, -0.25) is 10.1 Å². The van der Waals surface area contributed by atoms with E-state index >= 15 is 0 Å². The molecule has 2 aromatic carbocycles. The second-order valence-electron chi connectivity index (χ2n) is 4.23. The molecule has 0 unspecified atom stereocenters. The highest BCUT2D eigenvalue weighted by molar-refractivity contribution is 6.31. The topological polar surface area (TPSA) is 64.4 Å². The molecule has 0 spiro atoms. The van der Waals surface area contributed by atoms with Gasteiger partial charge < -0.3 is 10.1 Å². The molecule has 2 rings (SSSR count). The Kier molecular flexibility index (Phi) is 4.72. The van der Waals surface area contributed by atoms with Gasteiger partial charge in [0.1, 0.15) is 5.75 Å². The van der Waals surface area contributed by atoms with Crippen LogP contribution in [0, 0.1) is 15.9 Å². The molecular formula is C14H12ClFN2O3. The van der Waals surface area contributed by atoms with Gasteiger partial charge in [0, 0.05) is 17.6 Å². The molecule has 0 atom stereocenters. The molecule has 0 saturated heterocycles. The van der Waals surface area contributed by atoms with Crippen molar-refractivity contribution in [3.05, 3.63) is 62.9 Å². The van der Waals surface area contributed by atoms with Crippen molar-refractivity contribution >= 4 is 17.3 Å². The Morgan fingerprint density at radius 1 is 1.38 bits per heavy atom. The number of nitro groups is 1. The molecule has 0 saturated carbocycles. The van der Waals surface area contributed by atoms with Crippen LogP contribution in [0.1, 0.15) is 5.56 Å². The van der Waals surface area contributed by atoms with Gasteiger partial charge in [0.15, 0.2) is 5.82 Å². The number of benzene rings is 2. The Bertz CT molecular complexity index is 679. The summed E-state index contributed by atoms with van der Waals surface area (Å²) in [5, 5.41) is 14.3. The minimum absolute atomic E-state index is 0.230. The molecule has 0 aromatic heterocycles. The van der Waals surface area contributed by atoms with E-state index in [0.717, 1.165) is 11.6 Å². The lowest BCUT2D eigenvalue weighted by Crippen LogP contribution is -2.05. The van der Waals surface area contributed by atoms with E-state index < -0.39 is 22.2 Å². The summed E-state index contributed by atoms with van der Waals surface area (Å²) in [6.07, 6.45) is 0. The molecule has 0 fully saturated rings. The van der Waals surface area contributed by atoms with Crippen LogP contribution in [-0.2, 0) is 6.54 Å². The first-order valence-electron chi connectivity index (χ1n) is 6.06. The average Bonchev–Trinajstić information content (AvgIpc) is 2.44. The van der Waals surface area contributed by atoms with Crippen molar-refractivity contribution < 1.29 is 14.1 Å². The maximum atomic E-state index is 13.7. The number of nitrogens with one attached hydrogen (secondary N) is 1. The Morgan fingerprint density at radius 2 is 2.14 bits per heavy atom. The van der Waals surface area contributed by atoms with Gasteiger partial charge >= 0.3 is 5.69 Å². The van der Waals surface area contributed by atoms with Crippen LogP contribution in [0.5, 0.6) is 11.5 Å². The standard InChI is InChI=1S/C14H12ClFN2O3/c1-17-8-9-5-6-10(7-11(9)15)21-14-12(16)3-2-4-13(14)18(19)20/h2-7,17H,8H2,1H3. The van der Waals surface area contributed by atoms with Crippen molar-refractivity contribution in [1.82, 2.24) is 5.32 Å². The zero-order valence-electron chi connectivity index (χ0n) is 11.1. The van der Waals surface area contributed by atoms with Gasteiger partial charge in [0.05, 0.1) is 4.92 Å². The van der Waals surface area contributed by atoms with Gasteiger partial charge in [-0.1, -0.05) is 23.7 Å². The highest BCUT2D eigenvalue weighted by Gasteiger charge is 2.20. The van der Waals surface area contributed by atoms with Gasteiger partial charge in [-0.05, 0) is 30.8 Å². The van der Waals surface area contributed by atoms with E-state index in [1.807, 2.05) is 0 Å². The van der Waals surface area contributed by atoms with Crippen molar-refractivity contribution in [2.75, 3.05) is 7.05 Å². The molecule has 0 aliphatic rings. The Hall–Kier alpha value is -2.18. The fourth-order valence-corrected chi connectivity index (χ4v) is 2.02. The van der Waals surface area contributed by atoms with Crippen LogP contribution in [0.2, 0.25) is 5.02 Å². The van der Waals surface area contributed by atoms with Gasteiger partial charge in [0.2, 0.25) is 5.75 Å². The normalized spacial score (nSPS) is 10.4. The number of rotatable bonds is 5. The molecule has 5 nitrogen and oxygen atoms in total. The minimum atomic E-state index is -0.806.